The van der Waals surface area contributed by atoms with Gasteiger partial charge in [-0.05, 0) is 19.3 Å². The van der Waals surface area contributed by atoms with Crippen LogP contribution in [0.3, 0.4) is 0 Å². The first-order chi connectivity index (χ1) is 9.63. The Morgan fingerprint density at radius 2 is 2.10 bits per heavy atom. The van der Waals surface area contributed by atoms with Crippen molar-refractivity contribution in [3.05, 3.63) is 0 Å². The second-order valence-corrected chi connectivity index (χ2v) is 4.74. The predicted molar refractivity (Wildman–Crippen MR) is 74.3 cm³/mol. The Morgan fingerprint density at radius 1 is 1.40 bits per heavy atom. The molecule has 1 fully saturated rings. The van der Waals surface area contributed by atoms with Gasteiger partial charge in [-0.2, -0.15) is 0 Å². The number of rotatable bonds is 7. The van der Waals surface area contributed by atoms with Crippen molar-refractivity contribution in [2.45, 2.75) is 38.2 Å². The topological polar surface area (TPSA) is 78.9 Å². The molecule has 1 aliphatic heterocycles. The van der Waals surface area contributed by atoms with E-state index in [1.807, 2.05) is 0 Å². The molecule has 112 valence electrons. The summed E-state index contributed by atoms with van der Waals surface area (Å²) in [6, 6.07) is -0.0639. The lowest BCUT2D eigenvalue weighted by Crippen LogP contribution is -2.46. The van der Waals surface area contributed by atoms with Gasteiger partial charge in [-0.15, -0.1) is 12.3 Å². The Hall–Kier alpha value is -1.74. The van der Waals surface area contributed by atoms with E-state index in [4.69, 9.17) is 16.3 Å². The minimum absolute atomic E-state index is 0.0237. The maximum absolute atomic E-state index is 11.8. The molecule has 0 bridgehead atoms. The van der Waals surface area contributed by atoms with E-state index in [0.717, 1.165) is 19.3 Å². The van der Waals surface area contributed by atoms with Crippen molar-refractivity contribution in [1.29, 1.82) is 0 Å². The Bertz CT molecular complexity index is 357. The van der Waals surface area contributed by atoms with Crippen LogP contribution in [-0.2, 0) is 9.53 Å². The number of terminal acetylenes is 1. The monoisotopic (exact) mass is 282 g/mol. The van der Waals surface area contributed by atoms with Gasteiger partial charge in [0.25, 0.3) is 0 Å². The second-order valence-electron chi connectivity index (χ2n) is 4.74. The van der Waals surface area contributed by atoms with Gasteiger partial charge >= 0.3 is 12.0 Å². The lowest BCUT2D eigenvalue weighted by atomic mass is 10.1. The summed E-state index contributed by atoms with van der Waals surface area (Å²) < 4.78 is 5.47. The van der Waals surface area contributed by atoms with Crippen molar-refractivity contribution < 1.29 is 19.4 Å². The number of nitrogens with one attached hydrogen (secondary N) is 1. The number of nitrogens with zero attached hydrogens (tertiary/aromatic N) is 1. The number of carboxylic acid groups (broad SMARTS) is 1. The molecule has 6 nitrogen and oxygen atoms in total. The molecule has 20 heavy (non-hydrogen) atoms. The van der Waals surface area contributed by atoms with Gasteiger partial charge in [0.15, 0.2) is 0 Å². The molecule has 1 rings (SSSR count). The molecular formula is C14H22N2O4. The first-order valence-electron chi connectivity index (χ1n) is 6.93. The van der Waals surface area contributed by atoms with Gasteiger partial charge < -0.3 is 20.1 Å². The molecule has 0 atom stereocenters. The second kappa shape index (κ2) is 9.21. The fourth-order valence-corrected chi connectivity index (χ4v) is 2.04. The standard InChI is InChI=1S/C14H22N2O4/c1-2-3-4-8-15-14(19)16-9-5-12(6-10-16)20-11-7-13(17)18/h1,12H,3-11H2,(H,15,19)(H,17,18). The van der Waals surface area contributed by atoms with E-state index >= 15 is 0 Å². The zero-order valence-electron chi connectivity index (χ0n) is 11.6. The maximum Gasteiger partial charge on any atom is 0.317 e. The SMILES string of the molecule is C#CCCCNC(=O)N1CCC(OCCC(=O)O)CC1. The van der Waals surface area contributed by atoms with Crippen LogP contribution in [0.25, 0.3) is 0 Å². The van der Waals surface area contributed by atoms with E-state index in [-0.39, 0.29) is 25.2 Å². The van der Waals surface area contributed by atoms with Crippen LogP contribution in [0.4, 0.5) is 4.79 Å². The zero-order chi connectivity index (χ0) is 14.8. The number of carbonyl (C=O) groups excluding carboxylic acids is 1. The summed E-state index contributed by atoms with van der Waals surface area (Å²) in [4.78, 5) is 23.9. The molecule has 2 amide bonds. The van der Waals surface area contributed by atoms with Crippen LogP contribution in [0.5, 0.6) is 0 Å². The number of piperidine rings is 1. The van der Waals surface area contributed by atoms with Crippen molar-refractivity contribution in [2.24, 2.45) is 0 Å². The molecule has 0 unspecified atom stereocenters. The van der Waals surface area contributed by atoms with Gasteiger partial charge in [0.05, 0.1) is 19.1 Å². The number of hydrogen-bond acceptors (Lipinski definition) is 3. The Balaban J connectivity index is 2.13. The third-order valence-electron chi connectivity index (χ3n) is 3.17. The number of carbonyl (C=O) groups is 2. The maximum atomic E-state index is 11.8. The largest absolute Gasteiger partial charge is 0.481 e. The summed E-state index contributed by atoms with van der Waals surface area (Å²) in [6.45, 7) is 2.10. The number of hydrogen-bond donors (Lipinski definition) is 2. The molecule has 0 aliphatic carbocycles. The highest BCUT2D eigenvalue weighted by Gasteiger charge is 2.22. The number of amides is 2. The van der Waals surface area contributed by atoms with Crippen LogP contribution in [0, 0.1) is 12.3 Å². The van der Waals surface area contributed by atoms with Gasteiger partial charge in [-0.1, -0.05) is 0 Å². The van der Waals surface area contributed by atoms with E-state index in [0.29, 0.717) is 26.1 Å². The smallest absolute Gasteiger partial charge is 0.317 e. The predicted octanol–water partition coefficient (Wildman–Crippen LogP) is 1.07. The fourth-order valence-electron chi connectivity index (χ4n) is 2.04. The van der Waals surface area contributed by atoms with Crippen LogP contribution in [0.15, 0.2) is 0 Å². The van der Waals surface area contributed by atoms with Gasteiger partial charge in [0.1, 0.15) is 0 Å². The highest BCUT2D eigenvalue weighted by molar-refractivity contribution is 5.74. The van der Waals surface area contributed by atoms with Gasteiger partial charge in [0, 0.05) is 26.1 Å². The van der Waals surface area contributed by atoms with Crippen LogP contribution in [0.1, 0.15) is 32.1 Å². The lowest BCUT2D eigenvalue weighted by molar-refractivity contribution is -0.138. The van der Waals surface area contributed by atoms with Crippen LogP contribution in [0.2, 0.25) is 0 Å². The van der Waals surface area contributed by atoms with E-state index in [1.165, 1.54) is 0 Å². The summed E-state index contributed by atoms with van der Waals surface area (Å²) in [7, 11) is 0. The summed E-state index contributed by atoms with van der Waals surface area (Å²) in [5, 5.41) is 11.4. The fraction of sp³-hybridized carbons (Fsp3) is 0.714. The molecular weight excluding hydrogens is 260 g/mol. The van der Waals surface area contributed by atoms with Gasteiger partial charge in [-0.25, -0.2) is 4.79 Å². The normalized spacial score (nSPS) is 15.7. The molecule has 0 aromatic heterocycles. The molecule has 2 N–H and O–H groups in total. The summed E-state index contributed by atoms with van der Waals surface area (Å²) >= 11 is 0. The van der Waals surface area contributed by atoms with Crippen LogP contribution in [-0.4, -0.2) is 54.4 Å². The molecule has 0 radical (unpaired) electrons. The molecule has 1 aliphatic rings. The Morgan fingerprint density at radius 3 is 2.70 bits per heavy atom. The van der Waals surface area contributed by atoms with Crippen molar-refractivity contribution in [3.63, 3.8) is 0 Å². The first-order valence-corrected chi connectivity index (χ1v) is 6.93. The zero-order valence-corrected chi connectivity index (χ0v) is 11.6. The van der Waals surface area contributed by atoms with Crippen molar-refractivity contribution in [2.75, 3.05) is 26.2 Å². The molecule has 6 heteroatoms. The number of aliphatic carboxylic acids is 1. The minimum Gasteiger partial charge on any atom is -0.481 e. The Kier molecular flexibility index (Phi) is 7.51. The summed E-state index contributed by atoms with van der Waals surface area (Å²) in [5.41, 5.74) is 0. The number of ether oxygens (including phenoxy) is 1. The number of unbranched alkanes of at least 4 members (excludes halogenated alkanes) is 1. The van der Waals surface area contributed by atoms with Crippen LogP contribution < -0.4 is 5.32 Å². The highest BCUT2D eigenvalue weighted by atomic mass is 16.5. The molecule has 0 aromatic rings. The number of carboxylic acids is 1. The van der Waals surface area contributed by atoms with Crippen molar-refractivity contribution in [1.82, 2.24) is 10.2 Å². The first kappa shape index (κ1) is 16.3. The molecule has 1 saturated heterocycles. The third-order valence-corrected chi connectivity index (χ3v) is 3.17. The summed E-state index contributed by atoms with van der Waals surface area (Å²) in [6.07, 6.45) is 8.17. The summed E-state index contributed by atoms with van der Waals surface area (Å²) in [5.74, 6) is 1.68. The Labute approximate surface area is 119 Å². The molecule has 0 spiro atoms. The van der Waals surface area contributed by atoms with E-state index < -0.39 is 5.97 Å². The van der Waals surface area contributed by atoms with E-state index in [2.05, 4.69) is 11.2 Å². The van der Waals surface area contributed by atoms with E-state index in [1.54, 1.807) is 4.90 Å². The van der Waals surface area contributed by atoms with E-state index in [9.17, 15) is 9.59 Å². The van der Waals surface area contributed by atoms with Crippen LogP contribution >= 0.6 is 0 Å². The number of likely N-dealkylation sites (tertiary alicyclic amines) is 1. The average molecular weight is 282 g/mol. The van der Waals surface area contributed by atoms with Crippen molar-refractivity contribution in [3.8, 4) is 12.3 Å². The minimum atomic E-state index is -0.853. The van der Waals surface area contributed by atoms with Crippen molar-refractivity contribution >= 4 is 12.0 Å². The quantitative estimate of drug-likeness (QED) is 0.540. The molecule has 1 heterocycles. The molecule has 0 saturated carbocycles. The number of urea groups is 1. The van der Waals surface area contributed by atoms with Gasteiger partial charge in [-0.3, -0.25) is 4.79 Å². The third kappa shape index (κ3) is 6.43. The molecule has 0 aromatic carbocycles. The lowest BCUT2D eigenvalue weighted by Gasteiger charge is -2.31. The average Bonchev–Trinajstić information content (AvgIpc) is 2.44. The van der Waals surface area contributed by atoms with Gasteiger partial charge in [0.2, 0.25) is 0 Å². The highest BCUT2D eigenvalue weighted by Crippen LogP contribution is 2.14.